The summed E-state index contributed by atoms with van der Waals surface area (Å²) in [6, 6.07) is 12.5. The maximum absolute atomic E-state index is 12.6. The molecule has 28 heavy (non-hydrogen) atoms. The van der Waals surface area contributed by atoms with Crippen molar-refractivity contribution in [2.75, 3.05) is 5.32 Å². The number of nitrogens with one attached hydrogen (secondary N) is 2. The van der Waals surface area contributed by atoms with Crippen molar-refractivity contribution in [2.45, 2.75) is 6.92 Å². The number of carbonyl (C=O) groups excluding carboxylic acids is 1. The first-order valence-electron chi connectivity index (χ1n) is 8.84. The van der Waals surface area contributed by atoms with Crippen molar-refractivity contribution in [1.29, 1.82) is 0 Å². The smallest absolute Gasteiger partial charge is 0.275 e. The van der Waals surface area contributed by atoms with Gasteiger partial charge in [0.25, 0.3) is 5.91 Å². The summed E-state index contributed by atoms with van der Waals surface area (Å²) in [4.78, 5) is 16.9. The Morgan fingerprint density at radius 3 is 2.89 bits per heavy atom. The van der Waals surface area contributed by atoms with Gasteiger partial charge < -0.3 is 9.88 Å². The molecule has 5 rings (SSSR count). The van der Waals surface area contributed by atoms with E-state index in [1.165, 1.54) is 16.7 Å². The molecule has 0 aliphatic heterocycles. The average Bonchev–Trinajstić information content (AvgIpc) is 3.42. The van der Waals surface area contributed by atoms with Gasteiger partial charge >= 0.3 is 0 Å². The first-order valence-corrected chi connectivity index (χ1v) is 9.72. The monoisotopic (exact) mass is 387 g/mol. The van der Waals surface area contributed by atoms with Gasteiger partial charge in [-0.2, -0.15) is 5.10 Å². The zero-order valence-corrected chi connectivity index (χ0v) is 16.2. The Hall–Kier alpha value is -3.45. The second-order valence-electron chi connectivity index (χ2n) is 6.76. The van der Waals surface area contributed by atoms with E-state index in [0.717, 1.165) is 32.6 Å². The summed E-state index contributed by atoms with van der Waals surface area (Å²) in [6.45, 7) is 1.88. The zero-order chi connectivity index (χ0) is 19.3. The van der Waals surface area contributed by atoms with E-state index in [4.69, 9.17) is 0 Å². The lowest BCUT2D eigenvalue weighted by Crippen LogP contribution is -2.12. The number of rotatable bonds is 3. The number of hydrogen-bond donors (Lipinski definition) is 2. The third kappa shape index (κ3) is 2.76. The van der Waals surface area contributed by atoms with Gasteiger partial charge in [0, 0.05) is 29.5 Å². The van der Waals surface area contributed by atoms with Crippen LogP contribution in [-0.2, 0) is 7.05 Å². The molecule has 0 saturated heterocycles. The third-order valence-electron chi connectivity index (χ3n) is 4.88. The number of amides is 1. The predicted molar refractivity (Wildman–Crippen MR) is 113 cm³/mol. The quantitative estimate of drug-likeness (QED) is 0.469. The first-order chi connectivity index (χ1) is 13.6. The standard InChI is InChI=1S/C21H17N5OS/c1-12-23-19(11-28-12)21(27)24-17-7-15(8-18-16(17)10-22-25-18)14-4-3-13-5-6-26(2)20(13)9-14/h3-11H,1-2H3,(H,22,25)(H,24,27). The predicted octanol–water partition coefficient (Wildman–Crippen LogP) is 4.74. The Labute approximate surface area is 164 Å². The van der Waals surface area contributed by atoms with Crippen LogP contribution in [0.25, 0.3) is 32.9 Å². The topological polar surface area (TPSA) is 75.6 Å². The van der Waals surface area contributed by atoms with Crippen LogP contribution >= 0.6 is 11.3 Å². The maximum Gasteiger partial charge on any atom is 0.275 e. The Balaban J connectivity index is 1.60. The van der Waals surface area contributed by atoms with E-state index in [9.17, 15) is 4.79 Å². The minimum atomic E-state index is -0.220. The molecule has 0 fully saturated rings. The molecule has 0 bridgehead atoms. The van der Waals surface area contributed by atoms with Crippen molar-refractivity contribution in [1.82, 2.24) is 19.7 Å². The summed E-state index contributed by atoms with van der Waals surface area (Å²) in [5.41, 5.74) is 5.24. The highest BCUT2D eigenvalue weighted by molar-refractivity contribution is 7.09. The van der Waals surface area contributed by atoms with Crippen molar-refractivity contribution in [3.8, 4) is 11.1 Å². The normalized spacial score (nSPS) is 11.4. The highest BCUT2D eigenvalue weighted by Gasteiger charge is 2.14. The number of aromatic nitrogens is 4. The van der Waals surface area contributed by atoms with Crippen LogP contribution in [0.5, 0.6) is 0 Å². The van der Waals surface area contributed by atoms with E-state index < -0.39 is 0 Å². The highest BCUT2D eigenvalue weighted by atomic mass is 32.1. The number of aromatic amines is 1. The molecule has 0 radical (unpaired) electrons. The molecular weight excluding hydrogens is 370 g/mol. The van der Waals surface area contributed by atoms with Crippen molar-refractivity contribution in [3.63, 3.8) is 0 Å². The summed E-state index contributed by atoms with van der Waals surface area (Å²) in [5, 5.41) is 14.8. The molecule has 7 heteroatoms. The van der Waals surface area contributed by atoms with Crippen LogP contribution in [0.15, 0.2) is 54.2 Å². The van der Waals surface area contributed by atoms with E-state index in [0.29, 0.717) is 11.4 Å². The van der Waals surface area contributed by atoms with Crippen molar-refractivity contribution in [3.05, 3.63) is 64.9 Å². The second-order valence-corrected chi connectivity index (χ2v) is 7.82. The number of nitrogens with zero attached hydrogens (tertiary/aromatic N) is 3. The van der Waals surface area contributed by atoms with Crippen molar-refractivity contribution in [2.24, 2.45) is 7.05 Å². The van der Waals surface area contributed by atoms with Crippen LogP contribution in [0, 0.1) is 6.92 Å². The molecule has 138 valence electrons. The summed E-state index contributed by atoms with van der Waals surface area (Å²) < 4.78 is 2.10. The molecule has 0 unspecified atom stereocenters. The van der Waals surface area contributed by atoms with E-state index in [1.807, 2.05) is 26.2 Å². The molecule has 1 amide bonds. The molecule has 5 aromatic rings. The Morgan fingerprint density at radius 1 is 1.18 bits per heavy atom. The zero-order valence-electron chi connectivity index (χ0n) is 15.4. The molecule has 6 nitrogen and oxygen atoms in total. The molecule has 0 atom stereocenters. The minimum Gasteiger partial charge on any atom is -0.351 e. The fourth-order valence-corrected chi connectivity index (χ4v) is 4.01. The Morgan fingerprint density at radius 2 is 2.07 bits per heavy atom. The van der Waals surface area contributed by atoms with Gasteiger partial charge in [-0.3, -0.25) is 9.89 Å². The third-order valence-corrected chi connectivity index (χ3v) is 5.65. The lowest BCUT2D eigenvalue weighted by atomic mass is 10.0. The van der Waals surface area contributed by atoms with Gasteiger partial charge in [0.2, 0.25) is 0 Å². The summed E-state index contributed by atoms with van der Waals surface area (Å²) in [7, 11) is 2.03. The van der Waals surface area contributed by atoms with Crippen molar-refractivity contribution >= 4 is 44.7 Å². The molecule has 2 aromatic carbocycles. The lowest BCUT2D eigenvalue weighted by Gasteiger charge is -2.09. The van der Waals surface area contributed by atoms with Gasteiger partial charge in [-0.05, 0) is 47.7 Å². The van der Waals surface area contributed by atoms with Gasteiger partial charge in [0.15, 0.2) is 0 Å². The number of aryl methyl sites for hydroxylation is 2. The summed E-state index contributed by atoms with van der Waals surface area (Å²) in [5.74, 6) is -0.220. The van der Waals surface area contributed by atoms with E-state index >= 15 is 0 Å². The number of carbonyl (C=O) groups is 1. The number of H-pyrrole nitrogens is 1. The lowest BCUT2D eigenvalue weighted by molar-refractivity contribution is 0.102. The van der Waals surface area contributed by atoms with Crippen LogP contribution in [-0.4, -0.2) is 25.7 Å². The van der Waals surface area contributed by atoms with Crippen LogP contribution in [0.1, 0.15) is 15.5 Å². The highest BCUT2D eigenvalue weighted by Crippen LogP contribution is 2.32. The van der Waals surface area contributed by atoms with Crippen LogP contribution in [0.4, 0.5) is 5.69 Å². The molecule has 0 spiro atoms. The Kier molecular flexibility index (Phi) is 3.77. The fourth-order valence-electron chi connectivity index (χ4n) is 3.42. The SMILES string of the molecule is Cc1nc(C(=O)Nc2cc(-c3ccc4ccn(C)c4c3)cc3[nH]ncc23)cs1. The summed E-state index contributed by atoms with van der Waals surface area (Å²) in [6.07, 6.45) is 3.77. The van der Waals surface area contributed by atoms with Gasteiger partial charge in [-0.25, -0.2) is 4.98 Å². The van der Waals surface area contributed by atoms with Gasteiger partial charge in [0.1, 0.15) is 5.69 Å². The number of benzene rings is 2. The largest absolute Gasteiger partial charge is 0.351 e. The summed E-state index contributed by atoms with van der Waals surface area (Å²) >= 11 is 1.46. The van der Waals surface area contributed by atoms with Crippen LogP contribution in [0.2, 0.25) is 0 Å². The molecular formula is C21H17N5OS. The number of anilines is 1. The van der Waals surface area contributed by atoms with E-state index in [-0.39, 0.29) is 5.91 Å². The fraction of sp³-hybridized carbons (Fsp3) is 0.0952. The van der Waals surface area contributed by atoms with E-state index in [2.05, 4.69) is 55.4 Å². The Bertz CT molecular complexity index is 1340. The first kappa shape index (κ1) is 16.7. The number of fused-ring (bicyclic) bond motifs is 2. The van der Waals surface area contributed by atoms with Gasteiger partial charge in [-0.15, -0.1) is 11.3 Å². The molecule has 0 aliphatic carbocycles. The van der Waals surface area contributed by atoms with Gasteiger partial charge in [-0.1, -0.05) is 12.1 Å². The molecule has 0 aliphatic rings. The average molecular weight is 387 g/mol. The van der Waals surface area contributed by atoms with Crippen LogP contribution < -0.4 is 5.32 Å². The van der Waals surface area contributed by atoms with Gasteiger partial charge in [0.05, 0.1) is 22.4 Å². The van der Waals surface area contributed by atoms with Crippen molar-refractivity contribution < 1.29 is 4.79 Å². The number of hydrogen-bond acceptors (Lipinski definition) is 4. The number of thiazole rings is 1. The maximum atomic E-state index is 12.6. The van der Waals surface area contributed by atoms with E-state index in [1.54, 1.807) is 11.6 Å². The molecule has 3 aromatic heterocycles. The molecule has 2 N–H and O–H groups in total. The minimum absolute atomic E-state index is 0.220. The molecule has 3 heterocycles. The van der Waals surface area contributed by atoms with Crippen LogP contribution in [0.3, 0.4) is 0 Å². The second kappa shape index (κ2) is 6.31. The molecule has 0 saturated carbocycles.